The molecule has 3 aromatic rings. The molecule has 1 N–H and O–H groups in total. The fourth-order valence-electron chi connectivity index (χ4n) is 4.12. The number of carbonyl (C=O) groups excluding carboxylic acids is 1. The van der Waals surface area contributed by atoms with Crippen molar-refractivity contribution in [2.45, 2.75) is 33.2 Å². The minimum atomic E-state index is -0.0697. The highest BCUT2D eigenvalue weighted by molar-refractivity contribution is 5.79. The maximum atomic E-state index is 12.8. The van der Waals surface area contributed by atoms with Gasteiger partial charge in [0.2, 0.25) is 5.91 Å². The summed E-state index contributed by atoms with van der Waals surface area (Å²) >= 11 is 0. The highest BCUT2D eigenvalue weighted by Gasteiger charge is 2.26. The summed E-state index contributed by atoms with van der Waals surface area (Å²) in [6.07, 6.45) is 1.83. The predicted octanol–water partition coefficient (Wildman–Crippen LogP) is 4.30. The molecule has 1 aliphatic heterocycles. The molecule has 6 heteroatoms. The summed E-state index contributed by atoms with van der Waals surface area (Å²) in [6.45, 7) is 6.20. The number of carbonyl (C=O) groups is 1. The second kappa shape index (κ2) is 9.81. The van der Waals surface area contributed by atoms with Gasteiger partial charge in [0.05, 0.1) is 18.7 Å². The molecule has 1 atom stereocenters. The molecule has 0 bridgehead atoms. The van der Waals surface area contributed by atoms with Gasteiger partial charge in [-0.2, -0.15) is 0 Å². The van der Waals surface area contributed by atoms with Crippen molar-refractivity contribution < 1.29 is 9.53 Å². The van der Waals surface area contributed by atoms with Crippen molar-refractivity contribution in [2.75, 3.05) is 25.1 Å². The molecule has 0 saturated carbocycles. The molecule has 4 rings (SSSR count). The first-order valence-corrected chi connectivity index (χ1v) is 11.1. The number of amides is 1. The lowest BCUT2D eigenvalue weighted by Crippen LogP contribution is -2.43. The second-order valence-electron chi connectivity index (χ2n) is 8.39. The Morgan fingerprint density at radius 3 is 2.69 bits per heavy atom. The number of rotatable bonds is 6. The van der Waals surface area contributed by atoms with E-state index in [1.807, 2.05) is 36.4 Å². The van der Waals surface area contributed by atoms with Gasteiger partial charge in [-0.05, 0) is 62.1 Å². The zero-order valence-electron chi connectivity index (χ0n) is 19.0. The van der Waals surface area contributed by atoms with E-state index in [9.17, 15) is 4.79 Å². The van der Waals surface area contributed by atoms with Crippen LogP contribution in [0.4, 0.5) is 5.82 Å². The van der Waals surface area contributed by atoms with Crippen LogP contribution in [0.5, 0.6) is 5.75 Å². The van der Waals surface area contributed by atoms with Crippen molar-refractivity contribution in [3.63, 3.8) is 0 Å². The van der Waals surface area contributed by atoms with Crippen molar-refractivity contribution >= 4 is 11.7 Å². The molecule has 6 nitrogen and oxygen atoms in total. The summed E-state index contributed by atoms with van der Waals surface area (Å²) in [5.41, 5.74) is 5.41. The molecule has 0 spiro atoms. The molecule has 2 heterocycles. The fourth-order valence-corrected chi connectivity index (χ4v) is 4.12. The third kappa shape index (κ3) is 4.90. The average molecular weight is 431 g/mol. The van der Waals surface area contributed by atoms with Crippen LogP contribution >= 0.6 is 0 Å². The van der Waals surface area contributed by atoms with Gasteiger partial charge in [0.1, 0.15) is 5.75 Å². The molecule has 1 fully saturated rings. The number of anilines is 1. The van der Waals surface area contributed by atoms with E-state index in [-0.39, 0.29) is 11.8 Å². The molecule has 1 aromatic heterocycles. The second-order valence-corrected chi connectivity index (χ2v) is 8.39. The first-order chi connectivity index (χ1) is 15.5. The van der Waals surface area contributed by atoms with Crippen molar-refractivity contribution in [1.82, 2.24) is 15.5 Å². The lowest BCUT2D eigenvalue weighted by molar-refractivity contribution is -0.125. The number of aromatic nitrogens is 2. The normalized spacial score (nSPS) is 16.0. The molecule has 0 unspecified atom stereocenters. The summed E-state index contributed by atoms with van der Waals surface area (Å²) in [6, 6.07) is 18.1. The Morgan fingerprint density at radius 2 is 1.94 bits per heavy atom. The number of piperidine rings is 1. The van der Waals surface area contributed by atoms with Gasteiger partial charge in [-0.1, -0.05) is 30.3 Å². The van der Waals surface area contributed by atoms with E-state index in [1.54, 1.807) is 7.11 Å². The lowest BCUT2D eigenvalue weighted by Gasteiger charge is -2.32. The molecular weight excluding hydrogens is 400 g/mol. The van der Waals surface area contributed by atoms with E-state index in [4.69, 9.17) is 4.74 Å². The summed E-state index contributed by atoms with van der Waals surface area (Å²) in [7, 11) is 1.64. The van der Waals surface area contributed by atoms with Crippen LogP contribution in [0.25, 0.3) is 11.3 Å². The fraction of sp³-hybridized carbons (Fsp3) is 0.346. The van der Waals surface area contributed by atoms with E-state index in [0.717, 1.165) is 47.8 Å². The average Bonchev–Trinajstić information content (AvgIpc) is 2.84. The minimum absolute atomic E-state index is 0.0697. The van der Waals surface area contributed by atoms with E-state index < -0.39 is 0 Å². The predicted molar refractivity (Wildman–Crippen MR) is 127 cm³/mol. The molecular formula is C26H30N4O2. The summed E-state index contributed by atoms with van der Waals surface area (Å²) in [4.78, 5) is 15.0. The number of methoxy groups -OCH3 is 1. The Balaban J connectivity index is 1.39. The molecule has 1 aliphatic rings. The molecule has 1 amide bonds. The van der Waals surface area contributed by atoms with Crippen LogP contribution in [0.3, 0.4) is 0 Å². The summed E-state index contributed by atoms with van der Waals surface area (Å²) in [5, 5.41) is 12.0. The monoisotopic (exact) mass is 430 g/mol. The number of benzene rings is 2. The van der Waals surface area contributed by atoms with Crippen LogP contribution in [-0.4, -0.2) is 36.3 Å². The van der Waals surface area contributed by atoms with Crippen LogP contribution in [0.2, 0.25) is 0 Å². The molecule has 0 radical (unpaired) electrons. The van der Waals surface area contributed by atoms with E-state index in [2.05, 4.69) is 52.5 Å². The number of hydrogen-bond donors (Lipinski definition) is 1. The summed E-state index contributed by atoms with van der Waals surface area (Å²) < 4.78 is 5.38. The minimum Gasteiger partial charge on any atom is -0.496 e. The maximum Gasteiger partial charge on any atom is 0.225 e. The highest BCUT2D eigenvalue weighted by atomic mass is 16.5. The zero-order chi connectivity index (χ0) is 22.5. The van der Waals surface area contributed by atoms with Gasteiger partial charge in [0.25, 0.3) is 0 Å². The SMILES string of the molecule is COc1ccccc1CNC(=O)[C@@H]1CCCN(c2ccc(-c3ccc(C)c(C)c3)nn2)C1. The van der Waals surface area contributed by atoms with Crippen molar-refractivity contribution in [3.8, 4) is 17.0 Å². The number of aryl methyl sites for hydroxylation is 2. The molecule has 166 valence electrons. The van der Waals surface area contributed by atoms with Gasteiger partial charge in [-0.25, -0.2) is 0 Å². The first kappa shape index (κ1) is 21.8. The number of para-hydroxylation sites is 1. The highest BCUT2D eigenvalue weighted by Crippen LogP contribution is 2.25. The topological polar surface area (TPSA) is 67.3 Å². The third-order valence-electron chi connectivity index (χ3n) is 6.21. The Bertz CT molecular complexity index is 1080. The summed E-state index contributed by atoms with van der Waals surface area (Å²) in [5.74, 6) is 1.61. The van der Waals surface area contributed by atoms with Gasteiger partial charge in [-0.15, -0.1) is 10.2 Å². The Kier molecular flexibility index (Phi) is 6.69. The van der Waals surface area contributed by atoms with Gasteiger partial charge >= 0.3 is 0 Å². The standard InChI is InChI=1S/C26H30N4O2/c1-18-10-11-20(15-19(18)2)23-12-13-25(29-28-23)30-14-6-8-22(17-30)26(31)27-16-21-7-4-5-9-24(21)32-3/h4-5,7,9-13,15,22H,6,8,14,16-17H2,1-3H3,(H,27,31)/t22-/m1/s1. The zero-order valence-corrected chi connectivity index (χ0v) is 19.0. The molecule has 2 aromatic carbocycles. The van der Waals surface area contributed by atoms with Crippen LogP contribution in [0, 0.1) is 19.8 Å². The third-order valence-corrected chi connectivity index (χ3v) is 6.21. The Hall–Kier alpha value is -3.41. The van der Waals surface area contributed by atoms with Crippen molar-refractivity contribution in [1.29, 1.82) is 0 Å². The number of nitrogens with one attached hydrogen (secondary N) is 1. The van der Waals surface area contributed by atoms with Crippen molar-refractivity contribution in [3.05, 3.63) is 71.3 Å². The first-order valence-electron chi connectivity index (χ1n) is 11.1. The van der Waals surface area contributed by atoms with Crippen LogP contribution in [0.1, 0.15) is 29.5 Å². The smallest absolute Gasteiger partial charge is 0.225 e. The van der Waals surface area contributed by atoms with Crippen LogP contribution < -0.4 is 15.0 Å². The van der Waals surface area contributed by atoms with Gasteiger partial charge < -0.3 is 15.0 Å². The Morgan fingerprint density at radius 1 is 1.09 bits per heavy atom. The van der Waals surface area contributed by atoms with E-state index >= 15 is 0 Å². The molecule has 1 saturated heterocycles. The van der Waals surface area contributed by atoms with Crippen molar-refractivity contribution in [2.24, 2.45) is 5.92 Å². The van der Waals surface area contributed by atoms with Gasteiger partial charge in [0.15, 0.2) is 5.82 Å². The van der Waals surface area contributed by atoms with Gasteiger partial charge in [-0.3, -0.25) is 4.79 Å². The quantitative estimate of drug-likeness (QED) is 0.631. The van der Waals surface area contributed by atoms with Gasteiger partial charge in [0, 0.05) is 30.8 Å². The number of hydrogen-bond acceptors (Lipinski definition) is 5. The van der Waals surface area contributed by atoms with E-state index in [1.165, 1.54) is 11.1 Å². The largest absolute Gasteiger partial charge is 0.496 e. The molecule has 32 heavy (non-hydrogen) atoms. The Labute approximate surface area is 189 Å². The number of nitrogens with zero attached hydrogens (tertiary/aromatic N) is 3. The van der Waals surface area contributed by atoms with E-state index in [0.29, 0.717) is 13.1 Å². The van der Waals surface area contributed by atoms with Crippen LogP contribution in [-0.2, 0) is 11.3 Å². The lowest BCUT2D eigenvalue weighted by atomic mass is 9.97. The number of ether oxygens (including phenoxy) is 1. The maximum absolute atomic E-state index is 12.8. The molecule has 0 aliphatic carbocycles. The van der Waals surface area contributed by atoms with Crippen LogP contribution in [0.15, 0.2) is 54.6 Å².